The quantitative estimate of drug-likeness (QED) is 0.803. The SMILES string of the molecule is CNS(=O)(=O)c1cc(NC(=O)CCBr)ccc1C. The Balaban J connectivity index is 3.05. The summed E-state index contributed by atoms with van der Waals surface area (Å²) in [6.07, 6.45) is 0.335. The van der Waals surface area contributed by atoms with Crippen molar-refractivity contribution in [3.05, 3.63) is 23.8 Å². The fraction of sp³-hybridized carbons (Fsp3) is 0.364. The van der Waals surface area contributed by atoms with Crippen molar-refractivity contribution in [1.82, 2.24) is 4.72 Å². The molecule has 5 nitrogen and oxygen atoms in total. The first kappa shape index (κ1) is 15.1. The maximum Gasteiger partial charge on any atom is 0.240 e. The summed E-state index contributed by atoms with van der Waals surface area (Å²) >= 11 is 3.17. The summed E-state index contributed by atoms with van der Waals surface area (Å²) in [4.78, 5) is 11.6. The van der Waals surface area contributed by atoms with Gasteiger partial charge in [-0.1, -0.05) is 22.0 Å². The summed E-state index contributed by atoms with van der Waals surface area (Å²) in [6.45, 7) is 1.70. The third kappa shape index (κ3) is 3.79. The number of amides is 1. The highest BCUT2D eigenvalue weighted by Crippen LogP contribution is 2.20. The summed E-state index contributed by atoms with van der Waals surface area (Å²) in [5, 5.41) is 3.21. The molecule has 0 aromatic heterocycles. The highest BCUT2D eigenvalue weighted by atomic mass is 79.9. The van der Waals surface area contributed by atoms with Gasteiger partial charge in [0, 0.05) is 17.4 Å². The van der Waals surface area contributed by atoms with Gasteiger partial charge in [-0.2, -0.15) is 0 Å². The number of hydrogen-bond acceptors (Lipinski definition) is 3. The first-order valence-electron chi connectivity index (χ1n) is 5.30. The van der Waals surface area contributed by atoms with Crippen LogP contribution in [0, 0.1) is 6.92 Å². The van der Waals surface area contributed by atoms with Crippen molar-refractivity contribution < 1.29 is 13.2 Å². The van der Waals surface area contributed by atoms with Gasteiger partial charge in [-0.15, -0.1) is 0 Å². The molecule has 0 saturated heterocycles. The minimum atomic E-state index is -3.51. The van der Waals surface area contributed by atoms with Crippen molar-refractivity contribution in [2.24, 2.45) is 0 Å². The molecular weight excluding hydrogens is 320 g/mol. The van der Waals surface area contributed by atoms with E-state index in [2.05, 4.69) is 26.0 Å². The van der Waals surface area contributed by atoms with Gasteiger partial charge in [0.05, 0.1) is 4.90 Å². The standard InChI is InChI=1S/C11H15BrN2O3S/c1-8-3-4-9(14-11(15)5-6-12)7-10(8)18(16,17)13-2/h3-4,7,13H,5-6H2,1-2H3,(H,14,15). The fourth-order valence-electron chi connectivity index (χ4n) is 1.39. The number of halogens is 1. The van der Waals surface area contributed by atoms with Crippen LogP contribution in [0.25, 0.3) is 0 Å². The third-order valence-electron chi connectivity index (χ3n) is 2.35. The number of nitrogens with one attached hydrogen (secondary N) is 2. The second kappa shape index (κ2) is 6.31. The number of alkyl halides is 1. The van der Waals surface area contributed by atoms with Crippen molar-refractivity contribution in [2.45, 2.75) is 18.2 Å². The molecule has 0 spiro atoms. The first-order valence-corrected chi connectivity index (χ1v) is 7.91. The van der Waals surface area contributed by atoms with Gasteiger partial charge in [-0.05, 0) is 31.7 Å². The molecule has 100 valence electrons. The number of aryl methyl sites for hydroxylation is 1. The monoisotopic (exact) mass is 334 g/mol. The number of benzene rings is 1. The van der Waals surface area contributed by atoms with E-state index in [1.165, 1.54) is 13.1 Å². The maximum absolute atomic E-state index is 11.8. The summed E-state index contributed by atoms with van der Waals surface area (Å²) in [5.74, 6) is -0.163. The molecule has 0 saturated carbocycles. The van der Waals surface area contributed by atoms with Gasteiger partial charge in [0.1, 0.15) is 0 Å². The molecule has 0 radical (unpaired) electrons. The van der Waals surface area contributed by atoms with E-state index in [0.29, 0.717) is 23.0 Å². The number of carbonyl (C=O) groups is 1. The van der Waals surface area contributed by atoms with Gasteiger partial charge in [0.25, 0.3) is 0 Å². The topological polar surface area (TPSA) is 75.3 Å². The Bertz CT molecular complexity index is 543. The number of sulfonamides is 1. The van der Waals surface area contributed by atoms with Crippen LogP contribution in [0.2, 0.25) is 0 Å². The lowest BCUT2D eigenvalue weighted by Gasteiger charge is -2.10. The Labute approximate surface area is 115 Å². The van der Waals surface area contributed by atoms with E-state index in [0.717, 1.165) is 0 Å². The zero-order valence-electron chi connectivity index (χ0n) is 10.2. The minimum Gasteiger partial charge on any atom is -0.326 e. The predicted molar refractivity (Wildman–Crippen MR) is 74.5 cm³/mol. The lowest BCUT2D eigenvalue weighted by atomic mass is 10.2. The molecule has 1 amide bonds. The number of rotatable bonds is 5. The van der Waals surface area contributed by atoms with Crippen molar-refractivity contribution in [2.75, 3.05) is 17.7 Å². The molecule has 1 aromatic rings. The molecule has 0 unspecified atom stereocenters. The molecule has 1 aromatic carbocycles. The van der Waals surface area contributed by atoms with E-state index in [1.807, 2.05) is 0 Å². The molecular formula is C11H15BrN2O3S. The first-order chi connectivity index (χ1) is 8.40. The number of hydrogen-bond donors (Lipinski definition) is 2. The minimum absolute atomic E-state index is 0.163. The van der Waals surface area contributed by atoms with Gasteiger partial charge in [-0.3, -0.25) is 4.79 Å². The highest BCUT2D eigenvalue weighted by molar-refractivity contribution is 9.09. The second-order valence-electron chi connectivity index (χ2n) is 3.67. The largest absolute Gasteiger partial charge is 0.326 e. The van der Waals surface area contributed by atoms with Gasteiger partial charge >= 0.3 is 0 Å². The average molecular weight is 335 g/mol. The van der Waals surface area contributed by atoms with Crippen molar-refractivity contribution in [1.29, 1.82) is 0 Å². The van der Waals surface area contributed by atoms with Crippen LogP contribution in [0.5, 0.6) is 0 Å². The van der Waals surface area contributed by atoms with Crippen LogP contribution in [0.1, 0.15) is 12.0 Å². The van der Waals surface area contributed by atoms with Crippen LogP contribution < -0.4 is 10.0 Å². The molecule has 0 heterocycles. The van der Waals surface area contributed by atoms with Crippen molar-refractivity contribution in [3.63, 3.8) is 0 Å². The molecule has 0 bridgehead atoms. The number of anilines is 1. The van der Waals surface area contributed by atoms with E-state index in [-0.39, 0.29) is 10.8 Å². The zero-order chi connectivity index (χ0) is 13.8. The Morgan fingerprint density at radius 3 is 2.61 bits per heavy atom. The number of carbonyl (C=O) groups excluding carboxylic acids is 1. The molecule has 2 N–H and O–H groups in total. The normalized spacial score (nSPS) is 11.3. The van der Waals surface area contributed by atoms with Crippen molar-refractivity contribution >= 4 is 37.5 Å². The molecule has 0 atom stereocenters. The molecule has 0 aliphatic rings. The molecule has 7 heteroatoms. The Kier molecular flexibility index (Phi) is 5.30. The van der Waals surface area contributed by atoms with Gasteiger partial charge in [0.2, 0.25) is 15.9 Å². The smallest absolute Gasteiger partial charge is 0.240 e. The van der Waals surface area contributed by atoms with Crippen LogP contribution >= 0.6 is 15.9 Å². The van der Waals surface area contributed by atoms with E-state index < -0.39 is 10.0 Å². The fourth-order valence-corrected chi connectivity index (χ4v) is 2.74. The Morgan fingerprint density at radius 1 is 1.39 bits per heavy atom. The zero-order valence-corrected chi connectivity index (χ0v) is 12.6. The van der Waals surface area contributed by atoms with E-state index >= 15 is 0 Å². The summed E-state index contributed by atoms with van der Waals surface area (Å²) < 4.78 is 25.8. The predicted octanol–water partition coefficient (Wildman–Crippen LogP) is 1.63. The molecule has 18 heavy (non-hydrogen) atoms. The molecule has 1 rings (SSSR count). The third-order valence-corrected chi connectivity index (χ3v) is 4.30. The Morgan fingerprint density at radius 2 is 2.06 bits per heavy atom. The van der Waals surface area contributed by atoms with Crippen LogP contribution in [0.4, 0.5) is 5.69 Å². The maximum atomic E-state index is 11.8. The van der Waals surface area contributed by atoms with Gasteiger partial charge in [-0.25, -0.2) is 13.1 Å². The van der Waals surface area contributed by atoms with Crippen LogP contribution in [-0.4, -0.2) is 26.7 Å². The van der Waals surface area contributed by atoms with Crippen LogP contribution in [0.3, 0.4) is 0 Å². The van der Waals surface area contributed by atoms with E-state index in [9.17, 15) is 13.2 Å². The van der Waals surface area contributed by atoms with E-state index in [4.69, 9.17) is 0 Å². The second-order valence-corrected chi connectivity index (χ2v) is 6.32. The highest BCUT2D eigenvalue weighted by Gasteiger charge is 2.15. The average Bonchev–Trinajstić information content (AvgIpc) is 2.31. The van der Waals surface area contributed by atoms with Crippen LogP contribution in [-0.2, 0) is 14.8 Å². The van der Waals surface area contributed by atoms with Crippen LogP contribution in [0.15, 0.2) is 23.1 Å². The van der Waals surface area contributed by atoms with Gasteiger partial charge < -0.3 is 5.32 Å². The molecule has 0 aliphatic carbocycles. The lowest BCUT2D eigenvalue weighted by Crippen LogP contribution is -2.20. The summed E-state index contributed by atoms with van der Waals surface area (Å²) in [7, 11) is -2.16. The van der Waals surface area contributed by atoms with Gasteiger partial charge in [0.15, 0.2) is 0 Å². The lowest BCUT2D eigenvalue weighted by molar-refractivity contribution is -0.115. The molecule has 0 aliphatic heterocycles. The van der Waals surface area contributed by atoms with Crippen molar-refractivity contribution in [3.8, 4) is 0 Å². The van der Waals surface area contributed by atoms with E-state index in [1.54, 1.807) is 19.1 Å². The summed E-state index contributed by atoms with van der Waals surface area (Å²) in [6, 6.07) is 4.79. The Hall–Kier alpha value is -0.920. The summed E-state index contributed by atoms with van der Waals surface area (Å²) in [5.41, 5.74) is 1.10. The molecule has 0 fully saturated rings.